The van der Waals surface area contributed by atoms with Crippen LogP contribution < -0.4 is 0 Å². The van der Waals surface area contributed by atoms with Crippen LogP contribution in [-0.2, 0) is 36.0 Å². The van der Waals surface area contributed by atoms with Crippen LogP contribution in [-0.4, -0.2) is 46.9 Å². The number of carbonyl (C=O) groups excluding carboxylic acids is 4. The second-order valence-electron chi connectivity index (χ2n) is 4.29. The van der Waals surface area contributed by atoms with Crippen LogP contribution in [0.4, 0.5) is 0 Å². The molecule has 22 heavy (non-hydrogen) atoms. The molecule has 0 aromatic rings. The van der Waals surface area contributed by atoms with Gasteiger partial charge in [-0.3, -0.25) is 19.2 Å². The Morgan fingerprint density at radius 2 is 0.727 bits per heavy atom. The summed E-state index contributed by atoms with van der Waals surface area (Å²) in [5.41, 5.74) is 0. The zero-order chi connectivity index (χ0) is 17.9. The van der Waals surface area contributed by atoms with E-state index in [-0.39, 0.29) is 16.8 Å². The van der Waals surface area contributed by atoms with E-state index in [2.05, 4.69) is 47.9 Å². The zero-order valence-electron chi connectivity index (χ0n) is 13.9. The van der Waals surface area contributed by atoms with Gasteiger partial charge in [-0.05, 0) is 0 Å². The molecule has 0 amide bonds. The third-order valence-corrected chi connectivity index (χ3v) is 13.4. The molecule has 9 radical (unpaired) electrons. The van der Waals surface area contributed by atoms with Gasteiger partial charge in [-0.2, -0.15) is 0 Å². The Bertz CT molecular complexity index is 127. The number of hydrogen-bond acceptors (Lipinski definition) is 4. The van der Waals surface area contributed by atoms with E-state index in [0.29, 0.717) is 0 Å². The van der Waals surface area contributed by atoms with Gasteiger partial charge in [0.25, 0.3) is 27.2 Å². The summed E-state index contributed by atoms with van der Waals surface area (Å²) in [7, 11) is 0. The van der Waals surface area contributed by atoms with Gasteiger partial charge in [-0.15, -0.1) is 0 Å². The second kappa shape index (κ2) is 58.3. The maximum Gasteiger partial charge on any atom is 0.281 e. The molecule has 0 atom stereocenters. The Morgan fingerprint density at radius 3 is 0.864 bits per heavy atom. The van der Waals surface area contributed by atoms with E-state index >= 15 is 0 Å². The quantitative estimate of drug-likeness (QED) is 0.495. The van der Waals surface area contributed by atoms with Crippen molar-refractivity contribution < 1.29 is 36.0 Å². The summed E-state index contributed by atoms with van der Waals surface area (Å²) in [6.07, 6.45) is 8.87. The Kier molecular flexibility index (Phi) is 100. The van der Waals surface area contributed by atoms with Gasteiger partial charge in [0, 0.05) is 16.8 Å². The van der Waals surface area contributed by atoms with Crippen LogP contribution in [0.1, 0.15) is 59.3 Å². The maximum atomic E-state index is 7.50. The van der Waals surface area contributed by atoms with E-state index in [0.717, 1.165) is 0 Å². The van der Waals surface area contributed by atoms with Gasteiger partial charge in [0.05, 0.1) is 0 Å². The van der Waals surface area contributed by atoms with Crippen molar-refractivity contribution in [3.05, 3.63) is 0 Å². The molecule has 129 valence electrons. The minimum Gasteiger partial charge on any atom is -0.281 e. The van der Waals surface area contributed by atoms with Crippen molar-refractivity contribution in [2.24, 2.45) is 0 Å². The number of rotatable bonds is 9. The van der Waals surface area contributed by atoms with E-state index in [1.54, 1.807) is 13.3 Å². The van der Waals surface area contributed by atoms with E-state index < -0.39 is 19.8 Å². The Balaban J connectivity index is -0.0000000613. The zero-order valence-corrected chi connectivity index (χ0v) is 18.2. The van der Waals surface area contributed by atoms with Gasteiger partial charge in [0.2, 0.25) is 0 Å². The molecule has 0 N–H and O–H groups in total. The van der Waals surface area contributed by atoms with Crippen LogP contribution in [0.15, 0.2) is 0 Å². The van der Waals surface area contributed by atoms with Gasteiger partial charge in [-0.25, -0.2) is 0 Å². The van der Waals surface area contributed by atoms with Crippen molar-refractivity contribution in [1.29, 1.82) is 0 Å². The SMILES string of the molecule is CCC[CH2][SnH]([CH2]CCC)[CH2]CCC.[C]=O.[C]=O.[C]=O.[C]=O.[Co]. The Hall–Kier alpha value is -0.0148. The average Bonchev–Trinajstić information content (AvgIpc) is 2.61. The number of hydrogen-bond donors (Lipinski definition) is 0. The van der Waals surface area contributed by atoms with Crippen molar-refractivity contribution in [2.45, 2.75) is 72.6 Å². The molecule has 6 heteroatoms. The molecule has 0 unspecified atom stereocenters. The third kappa shape index (κ3) is 50.1. The fourth-order valence-electron chi connectivity index (χ4n) is 1.91. The monoisotopic (exact) mass is 463 g/mol. The Labute approximate surface area is 155 Å². The van der Waals surface area contributed by atoms with E-state index in [1.165, 1.54) is 38.5 Å². The van der Waals surface area contributed by atoms with Crippen molar-refractivity contribution in [1.82, 2.24) is 0 Å². The molecule has 0 rings (SSSR count). The van der Waals surface area contributed by atoms with Gasteiger partial charge in [-0.1, -0.05) is 0 Å². The van der Waals surface area contributed by atoms with Gasteiger partial charge in [0.1, 0.15) is 0 Å². The van der Waals surface area contributed by atoms with Gasteiger partial charge >= 0.3 is 92.4 Å². The smallest absolute Gasteiger partial charge is 0.281 e. The van der Waals surface area contributed by atoms with Crippen LogP contribution in [0.3, 0.4) is 0 Å². The number of unbranched alkanes of at least 4 members (excludes halogenated alkanes) is 3. The first-order valence-electron chi connectivity index (χ1n) is 7.16. The third-order valence-electron chi connectivity index (χ3n) is 2.90. The van der Waals surface area contributed by atoms with Crippen molar-refractivity contribution in [2.75, 3.05) is 0 Å². The van der Waals surface area contributed by atoms with Crippen molar-refractivity contribution in [3.63, 3.8) is 0 Å². The van der Waals surface area contributed by atoms with E-state index in [9.17, 15) is 0 Å². The minimum absolute atomic E-state index is 0. The molecule has 0 spiro atoms. The molecular formula is C16H28CoO4Sn. The summed E-state index contributed by atoms with van der Waals surface area (Å²) < 4.78 is 5.08. The molecule has 0 bridgehead atoms. The molecule has 4 nitrogen and oxygen atoms in total. The first kappa shape index (κ1) is 37.9. The summed E-state index contributed by atoms with van der Waals surface area (Å²) in [6.45, 7) is 25.0. The molecular weight excluding hydrogens is 434 g/mol. The molecule has 0 fully saturated rings. The largest absolute Gasteiger partial charge is 0.281 e. The fourth-order valence-corrected chi connectivity index (χ4v) is 12.8. The molecule has 0 aromatic carbocycles. The predicted octanol–water partition coefficient (Wildman–Crippen LogP) is 3.02. The molecule has 0 aromatic heterocycles. The van der Waals surface area contributed by atoms with E-state index in [4.69, 9.17) is 19.2 Å². The molecule has 0 aliphatic rings. The van der Waals surface area contributed by atoms with Crippen LogP contribution in [0.5, 0.6) is 0 Å². The summed E-state index contributed by atoms with van der Waals surface area (Å²) in [5, 5.41) is 0. The molecule has 0 saturated carbocycles. The van der Waals surface area contributed by atoms with Gasteiger partial charge < -0.3 is 0 Å². The second-order valence-corrected chi connectivity index (χ2v) is 14.2. The van der Waals surface area contributed by atoms with Crippen LogP contribution in [0.25, 0.3) is 0 Å². The normalized spacial score (nSPS) is 7.27. The molecule has 0 aliphatic carbocycles. The average molecular weight is 462 g/mol. The summed E-state index contributed by atoms with van der Waals surface area (Å²) in [6, 6.07) is 0. The minimum atomic E-state index is -0.967. The van der Waals surface area contributed by atoms with Gasteiger partial charge in [0.15, 0.2) is 0 Å². The summed E-state index contributed by atoms with van der Waals surface area (Å²) in [5.74, 6) is 0. The predicted molar refractivity (Wildman–Crippen MR) is 89.1 cm³/mol. The maximum absolute atomic E-state index is 7.50. The van der Waals surface area contributed by atoms with Crippen molar-refractivity contribution in [3.8, 4) is 0 Å². The first-order valence-corrected chi connectivity index (χ1v) is 14.2. The molecule has 0 saturated heterocycles. The van der Waals surface area contributed by atoms with Crippen LogP contribution in [0.2, 0.25) is 13.3 Å². The fraction of sp³-hybridized carbons (Fsp3) is 0.750. The van der Waals surface area contributed by atoms with Crippen molar-refractivity contribution >= 4 is 46.9 Å². The topological polar surface area (TPSA) is 68.3 Å². The summed E-state index contributed by atoms with van der Waals surface area (Å²) >= 11 is -0.967. The first-order chi connectivity index (χ1) is 10.3. The van der Waals surface area contributed by atoms with Crippen LogP contribution >= 0.6 is 0 Å². The summed E-state index contributed by atoms with van der Waals surface area (Å²) in [4.78, 5) is 30.0. The Morgan fingerprint density at radius 1 is 0.545 bits per heavy atom. The van der Waals surface area contributed by atoms with Crippen LogP contribution in [0, 0.1) is 0 Å². The van der Waals surface area contributed by atoms with E-state index in [1.807, 2.05) is 0 Å². The standard InChI is InChI=1S/3C4H9.4CO.Co.Sn.H/c3*1-3-4-2;4*1-2;;;/h3*1,3-4H2,2H3;;;;;;;. The molecule has 0 heterocycles. The molecule has 0 aliphatic heterocycles.